The van der Waals surface area contributed by atoms with Crippen molar-refractivity contribution in [3.05, 3.63) is 29.8 Å². The minimum atomic E-state index is -0.472. The van der Waals surface area contributed by atoms with Gasteiger partial charge in [0.05, 0.1) is 6.61 Å². The van der Waals surface area contributed by atoms with E-state index < -0.39 is 6.10 Å². The second-order valence-corrected chi connectivity index (χ2v) is 4.91. The predicted molar refractivity (Wildman–Crippen MR) is 81.3 cm³/mol. The molecule has 0 saturated heterocycles. The van der Waals surface area contributed by atoms with Crippen LogP contribution in [-0.2, 0) is 11.2 Å². The summed E-state index contributed by atoms with van der Waals surface area (Å²) in [6, 6.07) is 7.92. The van der Waals surface area contributed by atoms with Gasteiger partial charge in [-0.3, -0.25) is 0 Å². The minimum absolute atomic E-state index is 0.316. The molecule has 1 unspecified atom stereocenters. The molecule has 2 N–H and O–H groups in total. The van der Waals surface area contributed by atoms with E-state index in [-0.39, 0.29) is 0 Å². The third kappa shape index (κ3) is 7.48. The zero-order valence-electron chi connectivity index (χ0n) is 12.6. The summed E-state index contributed by atoms with van der Waals surface area (Å²) in [5.41, 5.74) is 1.22. The molecule has 4 heteroatoms. The van der Waals surface area contributed by atoms with Crippen LogP contribution in [0.15, 0.2) is 24.3 Å². The van der Waals surface area contributed by atoms with Crippen molar-refractivity contribution in [2.75, 3.05) is 33.4 Å². The molecule has 0 aliphatic rings. The zero-order chi connectivity index (χ0) is 14.6. The maximum Gasteiger partial charge on any atom is 0.119 e. The molecule has 114 valence electrons. The van der Waals surface area contributed by atoms with E-state index in [2.05, 4.69) is 12.2 Å². The standard InChI is InChI=1S/C16H27NO3/c1-3-4-10-17-12-15(18)13-20-16-7-5-14(6-8-16)9-11-19-2/h5-8,15,17-18H,3-4,9-13H2,1-2H3. The number of hydrogen-bond acceptors (Lipinski definition) is 4. The molecule has 0 amide bonds. The molecule has 1 aromatic carbocycles. The van der Waals surface area contributed by atoms with E-state index in [0.717, 1.165) is 38.2 Å². The molecule has 4 nitrogen and oxygen atoms in total. The third-order valence-electron chi connectivity index (χ3n) is 3.05. The predicted octanol–water partition coefficient (Wildman–Crippen LogP) is 2.00. The molecule has 1 rings (SSSR count). The Morgan fingerprint density at radius 3 is 2.65 bits per heavy atom. The van der Waals surface area contributed by atoms with Gasteiger partial charge in [-0.25, -0.2) is 0 Å². The molecule has 0 spiro atoms. The van der Waals surface area contributed by atoms with E-state index in [1.807, 2.05) is 24.3 Å². The van der Waals surface area contributed by atoms with E-state index in [9.17, 15) is 5.11 Å². The number of benzene rings is 1. The minimum Gasteiger partial charge on any atom is -0.491 e. The highest BCUT2D eigenvalue weighted by atomic mass is 16.5. The number of nitrogens with one attached hydrogen (secondary N) is 1. The normalized spacial score (nSPS) is 12.3. The number of hydrogen-bond donors (Lipinski definition) is 2. The quantitative estimate of drug-likeness (QED) is 0.609. The van der Waals surface area contributed by atoms with Crippen LogP contribution in [0.1, 0.15) is 25.3 Å². The summed E-state index contributed by atoms with van der Waals surface area (Å²) >= 11 is 0. The number of rotatable bonds is 11. The van der Waals surface area contributed by atoms with Gasteiger partial charge in [-0.1, -0.05) is 25.5 Å². The molecular formula is C16H27NO3. The Labute approximate surface area is 122 Å². The number of aliphatic hydroxyl groups is 1. The molecule has 0 saturated carbocycles. The van der Waals surface area contributed by atoms with Crippen molar-refractivity contribution in [1.29, 1.82) is 0 Å². The summed E-state index contributed by atoms with van der Waals surface area (Å²) in [5, 5.41) is 13.0. The lowest BCUT2D eigenvalue weighted by atomic mass is 10.1. The lowest BCUT2D eigenvalue weighted by Gasteiger charge is -2.13. The Hall–Kier alpha value is -1.10. The zero-order valence-corrected chi connectivity index (χ0v) is 12.6. The summed E-state index contributed by atoms with van der Waals surface area (Å²) in [6.07, 6.45) is 2.73. The van der Waals surface area contributed by atoms with Gasteiger partial charge in [-0.05, 0) is 37.1 Å². The van der Waals surface area contributed by atoms with E-state index in [1.54, 1.807) is 7.11 Å². The van der Waals surface area contributed by atoms with Crippen molar-refractivity contribution >= 4 is 0 Å². The molecule has 1 aromatic rings. The Morgan fingerprint density at radius 1 is 1.25 bits per heavy atom. The van der Waals surface area contributed by atoms with E-state index in [1.165, 1.54) is 5.56 Å². The van der Waals surface area contributed by atoms with Gasteiger partial charge in [-0.2, -0.15) is 0 Å². The summed E-state index contributed by atoms with van der Waals surface area (Å²) in [6.45, 7) is 4.71. The van der Waals surface area contributed by atoms with Crippen LogP contribution in [0.25, 0.3) is 0 Å². The van der Waals surface area contributed by atoms with Crippen LogP contribution >= 0.6 is 0 Å². The van der Waals surface area contributed by atoms with E-state index in [0.29, 0.717) is 13.2 Å². The lowest BCUT2D eigenvalue weighted by Crippen LogP contribution is -2.31. The second-order valence-electron chi connectivity index (χ2n) is 4.91. The number of aliphatic hydroxyl groups excluding tert-OH is 1. The highest BCUT2D eigenvalue weighted by molar-refractivity contribution is 5.27. The number of methoxy groups -OCH3 is 1. The molecule has 0 aliphatic heterocycles. The molecule has 0 fully saturated rings. The van der Waals surface area contributed by atoms with E-state index in [4.69, 9.17) is 9.47 Å². The average Bonchev–Trinajstić information content (AvgIpc) is 2.48. The Bertz CT molecular complexity index is 340. The van der Waals surface area contributed by atoms with Gasteiger partial charge in [-0.15, -0.1) is 0 Å². The first-order valence-electron chi connectivity index (χ1n) is 7.35. The Balaban J connectivity index is 2.20. The topological polar surface area (TPSA) is 50.7 Å². The van der Waals surface area contributed by atoms with Crippen LogP contribution < -0.4 is 10.1 Å². The van der Waals surface area contributed by atoms with Gasteiger partial charge in [0.2, 0.25) is 0 Å². The first-order valence-corrected chi connectivity index (χ1v) is 7.35. The SMILES string of the molecule is CCCCNCC(O)COc1ccc(CCOC)cc1. The lowest BCUT2D eigenvalue weighted by molar-refractivity contribution is 0.106. The Kier molecular flexibility index (Phi) is 9.04. The molecular weight excluding hydrogens is 254 g/mol. The van der Waals surface area contributed by atoms with Crippen molar-refractivity contribution in [3.63, 3.8) is 0 Å². The van der Waals surface area contributed by atoms with Gasteiger partial charge < -0.3 is 19.9 Å². The molecule has 0 bridgehead atoms. The molecule has 0 radical (unpaired) electrons. The van der Waals surface area contributed by atoms with Crippen LogP contribution in [0.3, 0.4) is 0 Å². The van der Waals surface area contributed by atoms with Crippen molar-refractivity contribution in [1.82, 2.24) is 5.32 Å². The maximum absolute atomic E-state index is 9.78. The van der Waals surface area contributed by atoms with Crippen LogP contribution in [-0.4, -0.2) is 44.6 Å². The molecule has 0 heterocycles. The Morgan fingerprint density at radius 2 is 2.00 bits per heavy atom. The van der Waals surface area contributed by atoms with Gasteiger partial charge in [0.1, 0.15) is 18.5 Å². The molecule has 0 aromatic heterocycles. The summed E-state index contributed by atoms with van der Waals surface area (Å²) in [5.74, 6) is 0.791. The summed E-state index contributed by atoms with van der Waals surface area (Å²) in [7, 11) is 1.70. The van der Waals surface area contributed by atoms with Crippen molar-refractivity contribution < 1.29 is 14.6 Å². The first kappa shape index (κ1) is 17.0. The fourth-order valence-electron chi connectivity index (χ4n) is 1.79. The first-order chi connectivity index (χ1) is 9.76. The van der Waals surface area contributed by atoms with Crippen LogP contribution in [0.4, 0.5) is 0 Å². The van der Waals surface area contributed by atoms with Crippen molar-refractivity contribution in [2.45, 2.75) is 32.3 Å². The van der Waals surface area contributed by atoms with Crippen molar-refractivity contribution in [3.8, 4) is 5.75 Å². The fraction of sp³-hybridized carbons (Fsp3) is 0.625. The van der Waals surface area contributed by atoms with Crippen LogP contribution in [0.5, 0.6) is 5.75 Å². The van der Waals surface area contributed by atoms with Crippen LogP contribution in [0, 0.1) is 0 Å². The molecule has 0 aliphatic carbocycles. The smallest absolute Gasteiger partial charge is 0.119 e. The average molecular weight is 281 g/mol. The highest BCUT2D eigenvalue weighted by Crippen LogP contribution is 2.12. The van der Waals surface area contributed by atoms with Gasteiger partial charge in [0.25, 0.3) is 0 Å². The van der Waals surface area contributed by atoms with E-state index >= 15 is 0 Å². The fourth-order valence-corrected chi connectivity index (χ4v) is 1.79. The highest BCUT2D eigenvalue weighted by Gasteiger charge is 2.04. The van der Waals surface area contributed by atoms with Crippen molar-refractivity contribution in [2.24, 2.45) is 0 Å². The van der Waals surface area contributed by atoms with Crippen LogP contribution in [0.2, 0.25) is 0 Å². The molecule has 20 heavy (non-hydrogen) atoms. The maximum atomic E-state index is 9.78. The van der Waals surface area contributed by atoms with Gasteiger partial charge >= 0.3 is 0 Å². The molecule has 1 atom stereocenters. The summed E-state index contributed by atoms with van der Waals surface area (Å²) in [4.78, 5) is 0. The third-order valence-corrected chi connectivity index (χ3v) is 3.05. The largest absolute Gasteiger partial charge is 0.491 e. The number of ether oxygens (including phenoxy) is 2. The summed E-state index contributed by atoms with van der Waals surface area (Å²) < 4.78 is 10.6. The number of unbranched alkanes of at least 4 members (excludes halogenated alkanes) is 1. The van der Waals surface area contributed by atoms with Gasteiger partial charge in [0.15, 0.2) is 0 Å². The second kappa shape index (κ2) is 10.7. The monoisotopic (exact) mass is 281 g/mol. The van der Waals surface area contributed by atoms with Gasteiger partial charge in [0, 0.05) is 13.7 Å².